The molecule has 2 rings (SSSR count). The van der Waals surface area contributed by atoms with E-state index in [2.05, 4.69) is 18.4 Å². The molecule has 0 aliphatic rings. The third-order valence-electron chi connectivity index (χ3n) is 3.00. The lowest BCUT2D eigenvalue weighted by Crippen LogP contribution is -2.15. The Hall–Kier alpha value is -1.19. The second kappa shape index (κ2) is 5.43. The van der Waals surface area contributed by atoms with Crippen LogP contribution in [0.1, 0.15) is 21.9 Å². The standard InChI is InChI=1S/C14H16FNS/c1-10-5-6-17-14(10)8-12(9-16)11-3-2-4-13(15)7-11/h2-7,12H,8-9,16H2,1H3. The van der Waals surface area contributed by atoms with Gasteiger partial charge in [0.1, 0.15) is 5.82 Å². The van der Waals surface area contributed by atoms with Crippen LogP contribution in [0.3, 0.4) is 0 Å². The topological polar surface area (TPSA) is 26.0 Å². The van der Waals surface area contributed by atoms with E-state index in [0.717, 1.165) is 12.0 Å². The van der Waals surface area contributed by atoms with Crippen molar-refractivity contribution in [2.45, 2.75) is 19.3 Å². The Morgan fingerprint density at radius 3 is 2.76 bits per heavy atom. The van der Waals surface area contributed by atoms with E-state index in [9.17, 15) is 4.39 Å². The highest BCUT2D eigenvalue weighted by Gasteiger charge is 2.13. The van der Waals surface area contributed by atoms with Crippen molar-refractivity contribution < 1.29 is 4.39 Å². The molecule has 1 nitrogen and oxygen atoms in total. The lowest BCUT2D eigenvalue weighted by molar-refractivity contribution is 0.617. The molecule has 0 fully saturated rings. The second-order valence-corrected chi connectivity index (χ2v) is 5.22. The number of aryl methyl sites for hydroxylation is 1. The Morgan fingerprint density at radius 1 is 1.35 bits per heavy atom. The smallest absolute Gasteiger partial charge is 0.123 e. The minimum Gasteiger partial charge on any atom is -0.330 e. The van der Waals surface area contributed by atoms with Gasteiger partial charge in [-0.3, -0.25) is 0 Å². The van der Waals surface area contributed by atoms with Crippen molar-refractivity contribution in [3.8, 4) is 0 Å². The van der Waals surface area contributed by atoms with Gasteiger partial charge in [0.05, 0.1) is 0 Å². The van der Waals surface area contributed by atoms with Crippen molar-refractivity contribution >= 4 is 11.3 Å². The van der Waals surface area contributed by atoms with Crippen LogP contribution in [0.5, 0.6) is 0 Å². The minimum atomic E-state index is -0.191. The fraction of sp³-hybridized carbons (Fsp3) is 0.286. The van der Waals surface area contributed by atoms with Crippen LogP contribution in [0.2, 0.25) is 0 Å². The van der Waals surface area contributed by atoms with Crippen LogP contribution in [0, 0.1) is 12.7 Å². The summed E-state index contributed by atoms with van der Waals surface area (Å²) in [6, 6.07) is 8.85. The number of hydrogen-bond donors (Lipinski definition) is 1. The van der Waals surface area contributed by atoms with Crippen LogP contribution >= 0.6 is 11.3 Å². The zero-order valence-corrected chi connectivity index (χ0v) is 10.6. The maximum Gasteiger partial charge on any atom is 0.123 e. The first kappa shape index (κ1) is 12.3. The van der Waals surface area contributed by atoms with Crippen LogP contribution < -0.4 is 5.73 Å². The quantitative estimate of drug-likeness (QED) is 0.882. The number of rotatable bonds is 4. The molecule has 17 heavy (non-hydrogen) atoms. The van der Waals surface area contributed by atoms with E-state index in [-0.39, 0.29) is 11.7 Å². The number of thiophene rings is 1. The fourth-order valence-corrected chi connectivity index (χ4v) is 2.92. The van der Waals surface area contributed by atoms with Gasteiger partial charge in [-0.2, -0.15) is 0 Å². The zero-order valence-electron chi connectivity index (χ0n) is 9.82. The summed E-state index contributed by atoms with van der Waals surface area (Å²) in [5.41, 5.74) is 8.09. The Morgan fingerprint density at radius 2 is 2.18 bits per heavy atom. The SMILES string of the molecule is Cc1ccsc1CC(CN)c1cccc(F)c1. The van der Waals surface area contributed by atoms with Gasteiger partial charge in [0.15, 0.2) is 0 Å². The van der Waals surface area contributed by atoms with E-state index in [0.29, 0.717) is 6.54 Å². The average Bonchev–Trinajstić information content (AvgIpc) is 2.71. The van der Waals surface area contributed by atoms with Crippen molar-refractivity contribution in [3.05, 3.63) is 57.5 Å². The molecule has 1 unspecified atom stereocenters. The molecule has 1 aromatic carbocycles. The molecule has 2 N–H and O–H groups in total. The maximum absolute atomic E-state index is 13.2. The maximum atomic E-state index is 13.2. The van der Waals surface area contributed by atoms with Crippen LogP contribution in [0.4, 0.5) is 4.39 Å². The average molecular weight is 249 g/mol. The number of benzene rings is 1. The second-order valence-electron chi connectivity index (χ2n) is 4.22. The minimum absolute atomic E-state index is 0.191. The Kier molecular flexibility index (Phi) is 3.92. The molecule has 0 radical (unpaired) electrons. The molecule has 0 saturated carbocycles. The molecule has 0 aliphatic heterocycles. The molecule has 0 aliphatic carbocycles. The molecular formula is C14H16FNS. The Bertz CT molecular complexity index is 492. The van der Waals surface area contributed by atoms with Crippen molar-refractivity contribution in [2.24, 2.45) is 5.73 Å². The Balaban J connectivity index is 2.20. The van der Waals surface area contributed by atoms with Gasteiger partial charge in [-0.25, -0.2) is 4.39 Å². The highest BCUT2D eigenvalue weighted by molar-refractivity contribution is 7.10. The largest absolute Gasteiger partial charge is 0.330 e. The van der Waals surface area contributed by atoms with Gasteiger partial charge in [-0.1, -0.05) is 12.1 Å². The third-order valence-corrected chi connectivity index (χ3v) is 4.05. The van der Waals surface area contributed by atoms with Crippen molar-refractivity contribution in [1.82, 2.24) is 0 Å². The molecule has 3 heteroatoms. The van der Waals surface area contributed by atoms with E-state index in [1.54, 1.807) is 23.5 Å². The first-order valence-electron chi connectivity index (χ1n) is 5.69. The lowest BCUT2D eigenvalue weighted by Gasteiger charge is -2.15. The lowest BCUT2D eigenvalue weighted by atomic mass is 9.94. The molecule has 0 saturated heterocycles. The normalized spacial score (nSPS) is 12.6. The fourth-order valence-electron chi connectivity index (χ4n) is 1.93. The summed E-state index contributed by atoms with van der Waals surface area (Å²) in [7, 11) is 0. The molecule has 1 heterocycles. The van der Waals surface area contributed by atoms with Crippen molar-refractivity contribution in [3.63, 3.8) is 0 Å². The van der Waals surface area contributed by atoms with Crippen LogP contribution in [-0.2, 0) is 6.42 Å². The summed E-state index contributed by atoms with van der Waals surface area (Å²) >= 11 is 1.74. The number of nitrogens with two attached hydrogens (primary N) is 1. The van der Waals surface area contributed by atoms with Crippen LogP contribution in [0.25, 0.3) is 0 Å². The van der Waals surface area contributed by atoms with E-state index < -0.39 is 0 Å². The molecular weight excluding hydrogens is 233 g/mol. The van der Waals surface area contributed by atoms with E-state index >= 15 is 0 Å². The van der Waals surface area contributed by atoms with Gasteiger partial charge in [0, 0.05) is 10.8 Å². The number of halogens is 1. The summed E-state index contributed by atoms with van der Waals surface area (Å²) in [5, 5.41) is 2.09. The van der Waals surface area contributed by atoms with Gasteiger partial charge in [0.2, 0.25) is 0 Å². The van der Waals surface area contributed by atoms with Gasteiger partial charge in [-0.05, 0) is 54.6 Å². The summed E-state index contributed by atoms with van der Waals surface area (Å²) in [6.07, 6.45) is 0.892. The molecule has 0 bridgehead atoms. The third kappa shape index (κ3) is 2.93. The summed E-state index contributed by atoms with van der Waals surface area (Å²) in [5.74, 6) is 0.00639. The number of hydrogen-bond acceptors (Lipinski definition) is 2. The molecule has 1 aromatic heterocycles. The molecule has 2 aromatic rings. The monoisotopic (exact) mass is 249 g/mol. The first-order valence-corrected chi connectivity index (χ1v) is 6.57. The predicted octanol–water partition coefficient (Wildman–Crippen LogP) is 3.48. The molecule has 90 valence electrons. The summed E-state index contributed by atoms with van der Waals surface area (Å²) < 4.78 is 13.2. The van der Waals surface area contributed by atoms with Gasteiger partial charge >= 0.3 is 0 Å². The summed E-state index contributed by atoms with van der Waals surface area (Å²) in [6.45, 7) is 2.64. The van der Waals surface area contributed by atoms with Crippen LogP contribution in [-0.4, -0.2) is 6.54 Å². The van der Waals surface area contributed by atoms with Gasteiger partial charge in [0.25, 0.3) is 0 Å². The van der Waals surface area contributed by atoms with E-state index in [4.69, 9.17) is 5.73 Å². The van der Waals surface area contributed by atoms with E-state index in [1.807, 2.05) is 6.07 Å². The summed E-state index contributed by atoms with van der Waals surface area (Å²) in [4.78, 5) is 1.34. The molecule has 1 atom stereocenters. The van der Waals surface area contributed by atoms with Gasteiger partial charge < -0.3 is 5.73 Å². The first-order chi connectivity index (χ1) is 8.20. The van der Waals surface area contributed by atoms with Crippen molar-refractivity contribution in [2.75, 3.05) is 6.54 Å². The molecule has 0 amide bonds. The zero-order chi connectivity index (χ0) is 12.3. The predicted molar refractivity (Wildman–Crippen MR) is 71.0 cm³/mol. The van der Waals surface area contributed by atoms with Gasteiger partial charge in [-0.15, -0.1) is 11.3 Å². The Labute approximate surface area is 105 Å². The molecule has 0 spiro atoms. The van der Waals surface area contributed by atoms with E-state index in [1.165, 1.54) is 16.5 Å². The highest BCUT2D eigenvalue weighted by Crippen LogP contribution is 2.25. The highest BCUT2D eigenvalue weighted by atomic mass is 32.1. The van der Waals surface area contributed by atoms with Crippen molar-refractivity contribution in [1.29, 1.82) is 0 Å². The van der Waals surface area contributed by atoms with Crippen LogP contribution in [0.15, 0.2) is 35.7 Å².